The van der Waals surface area contributed by atoms with Gasteiger partial charge < -0.3 is 10.1 Å². The summed E-state index contributed by atoms with van der Waals surface area (Å²) in [5.41, 5.74) is 1.15. The number of rotatable bonds is 7. The Kier molecular flexibility index (Phi) is 7.44. The van der Waals surface area contributed by atoms with Crippen molar-refractivity contribution in [3.05, 3.63) is 26.6 Å². The quantitative estimate of drug-likeness (QED) is 0.717. The smallest absolute Gasteiger partial charge is 0.147 e. The molecule has 1 N–H and O–H groups in total. The minimum Gasteiger partial charge on any atom is -0.492 e. The van der Waals surface area contributed by atoms with E-state index in [1.807, 2.05) is 19.1 Å². The summed E-state index contributed by atoms with van der Waals surface area (Å²) in [6.45, 7) is 4.10. The molecule has 6 heteroatoms. The predicted molar refractivity (Wildman–Crippen MR) is 83.7 cm³/mol. The van der Waals surface area contributed by atoms with Crippen molar-refractivity contribution in [2.24, 2.45) is 0 Å². The molecule has 0 bridgehead atoms. The van der Waals surface area contributed by atoms with Crippen molar-refractivity contribution in [3.8, 4) is 5.75 Å². The Bertz CT molecular complexity index is 404. The molecule has 18 heavy (non-hydrogen) atoms. The van der Waals surface area contributed by atoms with E-state index in [2.05, 4.69) is 37.2 Å². The van der Waals surface area contributed by atoms with Gasteiger partial charge in [0.05, 0.1) is 15.6 Å². The van der Waals surface area contributed by atoms with Gasteiger partial charge in [0, 0.05) is 35.9 Å². The van der Waals surface area contributed by atoms with Crippen LogP contribution in [-0.2, 0) is 17.3 Å². The highest BCUT2D eigenvalue weighted by molar-refractivity contribution is 9.11. The molecule has 1 unspecified atom stereocenters. The summed E-state index contributed by atoms with van der Waals surface area (Å²) in [7, 11) is -0.740. The van der Waals surface area contributed by atoms with Gasteiger partial charge in [-0.05, 0) is 56.5 Å². The van der Waals surface area contributed by atoms with Crippen LogP contribution in [0.2, 0.25) is 0 Å². The van der Waals surface area contributed by atoms with Crippen LogP contribution in [-0.4, -0.2) is 29.4 Å². The van der Waals surface area contributed by atoms with Crippen LogP contribution in [0.4, 0.5) is 0 Å². The van der Waals surface area contributed by atoms with Gasteiger partial charge in [-0.3, -0.25) is 4.21 Å². The number of nitrogens with one attached hydrogen (secondary N) is 1. The van der Waals surface area contributed by atoms with Crippen molar-refractivity contribution in [1.29, 1.82) is 0 Å². The molecule has 0 aliphatic carbocycles. The van der Waals surface area contributed by atoms with E-state index in [1.165, 1.54) is 0 Å². The van der Waals surface area contributed by atoms with Crippen molar-refractivity contribution in [1.82, 2.24) is 5.32 Å². The number of benzene rings is 1. The van der Waals surface area contributed by atoms with E-state index in [9.17, 15) is 4.21 Å². The zero-order valence-corrected chi connectivity index (χ0v) is 14.5. The average Bonchev–Trinajstić information content (AvgIpc) is 2.29. The topological polar surface area (TPSA) is 38.3 Å². The highest BCUT2D eigenvalue weighted by atomic mass is 79.9. The Morgan fingerprint density at radius 1 is 1.33 bits per heavy atom. The molecular formula is C12H17Br2NO2S. The van der Waals surface area contributed by atoms with Gasteiger partial charge in [0.2, 0.25) is 0 Å². The molecular weight excluding hydrogens is 382 g/mol. The Hall–Kier alpha value is 0.0900. The summed E-state index contributed by atoms with van der Waals surface area (Å²) < 4.78 is 18.3. The van der Waals surface area contributed by atoms with E-state index < -0.39 is 10.8 Å². The fraction of sp³-hybridized carbons (Fsp3) is 0.500. The number of hydrogen-bond acceptors (Lipinski definition) is 3. The van der Waals surface area contributed by atoms with Crippen LogP contribution in [0.15, 0.2) is 21.1 Å². The summed E-state index contributed by atoms with van der Waals surface area (Å²) >= 11 is 7.00. The zero-order chi connectivity index (χ0) is 13.5. The van der Waals surface area contributed by atoms with Crippen LogP contribution in [0.3, 0.4) is 0 Å². The molecule has 1 atom stereocenters. The third-order valence-corrected chi connectivity index (χ3v) is 4.20. The summed E-state index contributed by atoms with van der Waals surface area (Å²) in [4.78, 5) is 0. The molecule has 1 aromatic carbocycles. The van der Waals surface area contributed by atoms with Crippen molar-refractivity contribution in [2.75, 3.05) is 25.2 Å². The lowest BCUT2D eigenvalue weighted by molar-refractivity contribution is 0.336. The van der Waals surface area contributed by atoms with Gasteiger partial charge in [-0.25, -0.2) is 0 Å². The molecule has 0 saturated carbocycles. The maximum Gasteiger partial charge on any atom is 0.147 e. The normalized spacial score (nSPS) is 12.4. The van der Waals surface area contributed by atoms with Gasteiger partial charge in [0.15, 0.2) is 0 Å². The van der Waals surface area contributed by atoms with Crippen LogP contribution in [0.25, 0.3) is 0 Å². The molecule has 0 aromatic heterocycles. The second-order valence-electron chi connectivity index (χ2n) is 3.78. The second-order valence-corrected chi connectivity index (χ2v) is 7.04. The number of hydrogen-bond donors (Lipinski definition) is 1. The van der Waals surface area contributed by atoms with E-state index in [0.717, 1.165) is 33.3 Å². The summed E-state index contributed by atoms with van der Waals surface area (Å²) in [5.74, 6) is 1.51. The first kappa shape index (κ1) is 16.1. The van der Waals surface area contributed by atoms with E-state index in [-0.39, 0.29) is 0 Å². The lowest BCUT2D eigenvalue weighted by Crippen LogP contribution is -2.19. The van der Waals surface area contributed by atoms with Gasteiger partial charge in [0.1, 0.15) is 5.75 Å². The highest BCUT2D eigenvalue weighted by Crippen LogP contribution is 2.34. The lowest BCUT2D eigenvalue weighted by Gasteiger charge is -2.11. The lowest BCUT2D eigenvalue weighted by atomic mass is 10.2. The van der Waals surface area contributed by atoms with Gasteiger partial charge in [0.25, 0.3) is 0 Å². The SMILES string of the molecule is CCOc1c(Br)cc(CNCCS(C)=O)cc1Br. The van der Waals surface area contributed by atoms with E-state index in [4.69, 9.17) is 4.74 Å². The largest absolute Gasteiger partial charge is 0.492 e. The van der Waals surface area contributed by atoms with Crippen molar-refractivity contribution < 1.29 is 8.95 Å². The Morgan fingerprint density at radius 3 is 2.44 bits per heavy atom. The molecule has 102 valence electrons. The number of halogens is 2. The highest BCUT2D eigenvalue weighted by Gasteiger charge is 2.08. The molecule has 0 radical (unpaired) electrons. The fourth-order valence-electron chi connectivity index (χ4n) is 1.45. The summed E-state index contributed by atoms with van der Waals surface area (Å²) in [5, 5.41) is 3.26. The van der Waals surface area contributed by atoms with Crippen LogP contribution < -0.4 is 10.1 Å². The Labute approximate surface area is 127 Å². The molecule has 3 nitrogen and oxygen atoms in total. The van der Waals surface area contributed by atoms with Gasteiger partial charge >= 0.3 is 0 Å². The molecule has 0 aliphatic heterocycles. The minimum absolute atomic E-state index is 0.636. The summed E-state index contributed by atoms with van der Waals surface area (Å²) in [6.07, 6.45) is 1.71. The maximum absolute atomic E-state index is 10.9. The monoisotopic (exact) mass is 397 g/mol. The van der Waals surface area contributed by atoms with Crippen LogP contribution in [0, 0.1) is 0 Å². The van der Waals surface area contributed by atoms with Crippen molar-refractivity contribution in [2.45, 2.75) is 13.5 Å². The minimum atomic E-state index is -0.740. The molecule has 0 aliphatic rings. The van der Waals surface area contributed by atoms with Crippen molar-refractivity contribution >= 4 is 42.7 Å². The van der Waals surface area contributed by atoms with Gasteiger partial charge in [-0.1, -0.05) is 0 Å². The zero-order valence-electron chi connectivity index (χ0n) is 10.5. The van der Waals surface area contributed by atoms with Crippen LogP contribution >= 0.6 is 31.9 Å². The first-order valence-electron chi connectivity index (χ1n) is 5.66. The third-order valence-electron chi connectivity index (χ3n) is 2.24. The third kappa shape index (κ3) is 5.38. The maximum atomic E-state index is 10.9. The van der Waals surface area contributed by atoms with E-state index in [1.54, 1.807) is 6.26 Å². The molecule has 1 aromatic rings. The van der Waals surface area contributed by atoms with Crippen LogP contribution in [0.5, 0.6) is 5.75 Å². The molecule has 0 fully saturated rings. The standard InChI is InChI=1S/C12H17Br2NO2S/c1-3-17-12-10(13)6-9(7-11(12)14)8-15-4-5-18(2)16/h6-7,15H,3-5,8H2,1-2H3. The fourth-order valence-corrected chi connectivity index (χ4v) is 3.39. The molecule has 0 saturated heterocycles. The van der Waals surface area contributed by atoms with Crippen LogP contribution in [0.1, 0.15) is 12.5 Å². The summed E-state index contributed by atoms with van der Waals surface area (Å²) in [6, 6.07) is 4.07. The second kappa shape index (κ2) is 8.30. The number of ether oxygens (including phenoxy) is 1. The van der Waals surface area contributed by atoms with E-state index >= 15 is 0 Å². The predicted octanol–water partition coefficient (Wildman–Crippen LogP) is 3.08. The van der Waals surface area contributed by atoms with Gasteiger partial charge in [-0.2, -0.15) is 0 Å². The molecule has 1 rings (SSSR count). The van der Waals surface area contributed by atoms with Crippen molar-refractivity contribution in [3.63, 3.8) is 0 Å². The Balaban J connectivity index is 2.60. The average molecular weight is 399 g/mol. The van der Waals surface area contributed by atoms with Gasteiger partial charge in [-0.15, -0.1) is 0 Å². The molecule has 0 heterocycles. The first-order chi connectivity index (χ1) is 8.54. The molecule has 0 spiro atoms. The molecule has 0 amide bonds. The Morgan fingerprint density at radius 2 is 1.94 bits per heavy atom. The first-order valence-corrected chi connectivity index (χ1v) is 8.97. The van der Waals surface area contributed by atoms with E-state index in [0.29, 0.717) is 12.4 Å².